The molecule has 2 rings (SSSR count). The normalized spacial score (nSPS) is 11.3. The van der Waals surface area contributed by atoms with E-state index in [0.29, 0.717) is 24.3 Å². The Labute approximate surface area is 115 Å². The summed E-state index contributed by atoms with van der Waals surface area (Å²) < 4.78 is 26.5. The number of hydrogen-bond acceptors (Lipinski definition) is 5. The lowest BCUT2D eigenvalue weighted by Gasteiger charge is -2.03. The molecule has 0 spiro atoms. The van der Waals surface area contributed by atoms with Crippen molar-refractivity contribution in [2.75, 3.05) is 6.54 Å². The first kappa shape index (κ1) is 13.7. The average molecular weight is 296 g/mol. The van der Waals surface area contributed by atoms with Crippen LogP contribution in [0.5, 0.6) is 0 Å². The smallest absolute Gasteiger partial charge is 0.250 e. The molecule has 100 valence electrons. The topological polar surface area (TPSA) is 98.6 Å². The zero-order chi connectivity index (χ0) is 13.7. The number of aromatic amines is 1. The first-order valence-electron chi connectivity index (χ1n) is 5.60. The van der Waals surface area contributed by atoms with Crippen LogP contribution in [-0.2, 0) is 16.4 Å². The summed E-state index contributed by atoms with van der Waals surface area (Å²) in [4.78, 5) is 7.40. The third-order valence-electron chi connectivity index (χ3n) is 2.39. The fraction of sp³-hybridized carbons (Fsp3) is 0.273. The van der Waals surface area contributed by atoms with Gasteiger partial charge in [-0.05, 0) is 18.6 Å². The molecule has 0 radical (unpaired) electrons. The number of H-pyrrole nitrogens is 1. The molecule has 2 aromatic heterocycles. The van der Waals surface area contributed by atoms with Gasteiger partial charge in [0.25, 0.3) is 0 Å². The van der Waals surface area contributed by atoms with Gasteiger partial charge in [0.05, 0.1) is 0 Å². The number of aromatic nitrogens is 2. The summed E-state index contributed by atoms with van der Waals surface area (Å²) in [5.41, 5.74) is 0. The second-order valence-corrected chi connectivity index (χ2v) is 6.85. The number of aryl methyl sites for hydroxylation is 1. The van der Waals surface area contributed by atoms with Crippen LogP contribution in [0.1, 0.15) is 17.1 Å². The third kappa shape index (κ3) is 3.64. The van der Waals surface area contributed by atoms with Crippen LogP contribution in [0, 0.1) is 11.3 Å². The highest BCUT2D eigenvalue weighted by Gasteiger charge is 2.16. The first-order valence-corrected chi connectivity index (χ1v) is 7.89. The number of nitrogens with one attached hydrogen (secondary N) is 2. The van der Waals surface area contributed by atoms with Gasteiger partial charge in [-0.25, -0.2) is 18.1 Å². The van der Waals surface area contributed by atoms with Crippen molar-refractivity contribution < 1.29 is 8.42 Å². The van der Waals surface area contributed by atoms with Crippen molar-refractivity contribution in [2.45, 2.75) is 17.1 Å². The van der Waals surface area contributed by atoms with Crippen LogP contribution in [0.25, 0.3) is 0 Å². The molecule has 2 aromatic rings. The Morgan fingerprint density at radius 2 is 2.32 bits per heavy atom. The van der Waals surface area contributed by atoms with Crippen molar-refractivity contribution in [3.8, 4) is 6.07 Å². The van der Waals surface area contributed by atoms with Crippen LogP contribution in [0.4, 0.5) is 0 Å². The summed E-state index contributed by atoms with van der Waals surface area (Å²) in [6.07, 6.45) is 4.73. The summed E-state index contributed by atoms with van der Waals surface area (Å²) in [5, 5.41) is 8.67. The number of nitrogens with zero attached hydrogens (tertiary/aromatic N) is 2. The largest absolute Gasteiger partial charge is 0.349 e. The monoisotopic (exact) mass is 296 g/mol. The SMILES string of the molecule is N#Cc1ccc(S(=O)(=O)NCCCc2ncc[nH]2)s1. The fourth-order valence-corrected chi connectivity index (χ4v) is 3.71. The molecule has 0 saturated carbocycles. The van der Waals surface area contributed by atoms with Gasteiger partial charge in [0.2, 0.25) is 10.0 Å². The standard InChI is InChI=1S/C11H12N4O2S2/c12-8-9-3-4-11(18-9)19(16,17)15-5-1-2-10-13-6-7-14-10/h3-4,6-7,15H,1-2,5H2,(H,13,14). The molecule has 0 aliphatic carbocycles. The van der Waals surface area contributed by atoms with Gasteiger partial charge in [-0.3, -0.25) is 0 Å². The molecule has 6 nitrogen and oxygen atoms in total. The first-order chi connectivity index (χ1) is 9.12. The van der Waals surface area contributed by atoms with Crippen molar-refractivity contribution >= 4 is 21.4 Å². The Hall–Kier alpha value is -1.69. The Morgan fingerprint density at radius 3 is 2.95 bits per heavy atom. The highest BCUT2D eigenvalue weighted by molar-refractivity contribution is 7.91. The Kier molecular flexibility index (Phi) is 4.31. The average Bonchev–Trinajstić information content (AvgIpc) is 3.05. The lowest BCUT2D eigenvalue weighted by Crippen LogP contribution is -2.24. The van der Waals surface area contributed by atoms with E-state index in [0.717, 1.165) is 17.2 Å². The number of sulfonamides is 1. The predicted molar refractivity (Wildman–Crippen MR) is 71.1 cm³/mol. The van der Waals surface area contributed by atoms with Crippen molar-refractivity contribution in [2.24, 2.45) is 0 Å². The van der Waals surface area contributed by atoms with E-state index in [1.165, 1.54) is 12.1 Å². The molecule has 0 fully saturated rings. The Morgan fingerprint density at radius 1 is 1.47 bits per heavy atom. The van der Waals surface area contributed by atoms with Gasteiger partial charge >= 0.3 is 0 Å². The molecule has 0 aromatic carbocycles. The van der Waals surface area contributed by atoms with Gasteiger partial charge < -0.3 is 4.98 Å². The van der Waals surface area contributed by atoms with E-state index in [4.69, 9.17) is 5.26 Å². The fourth-order valence-electron chi connectivity index (χ4n) is 1.49. The number of thiophene rings is 1. The van der Waals surface area contributed by atoms with Crippen LogP contribution in [-0.4, -0.2) is 24.9 Å². The maximum atomic E-state index is 11.9. The van der Waals surface area contributed by atoms with E-state index in [9.17, 15) is 8.42 Å². The second kappa shape index (κ2) is 5.97. The van der Waals surface area contributed by atoms with E-state index in [2.05, 4.69) is 14.7 Å². The molecule has 0 amide bonds. The zero-order valence-corrected chi connectivity index (χ0v) is 11.6. The van der Waals surface area contributed by atoms with Crippen molar-refractivity contribution in [3.05, 3.63) is 35.2 Å². The minimum Gasteiger partial charge on any atom is -0.349 e. The van der Waals surface area contributed by atoms with Crippen molar-refractivity contribution in [3.63, 3.8) is 0 Å². The molecular formula is C11H12N4O2S2. The molecule has 0 aliphatic rings. The highest BCUT2D eigenvalue weighted by Crippen LogP contribution is 2.20. The molecule has 0 aliphatic heterocycles. The zero-order valence-electron chi connectivity index (χ0n) is 9.96. The Balaban J connectivity index is 1.86. The number of rotatable bonds is 6. The van der Waals surface area contributed by atoms with Gasteiger partial charge in [-0.1, -0.05) is 0 Å². The van der Waals surface area contributed by atoms with Crippen LogP contribution >= 0.6 is 11.3 Å². The van der Waals surface area contributed by atoms with E-state index in [1.807, 2.05) is 6.07 Å². The van der Waals surface area contributed by atoms with E-state index < -0.39 is 10.0 Å². The molecule has 2 N–H and O–H groups in total. The van der Waals surface area contributed by atoms with E-state index >= 15 is 0 Å². The Bertz CT molecular complexity index is 668. The van der Waals surface area contributed by atoms with Crippen LogP contribution in [0.3, 0.4) is 0 Å². The lowest BCUT2D eigenvalue weighted by molar-refractivity contribution is 0.580. The van der Waals surface area contributed by atoms with E-state index in [-0.39, 0.29) is 4.21 Å². The molecule has 2 heterocycles. The van der Waals surface area contributed by atoms with Crippen LogP contribution in [0.2, 0.25) is 0 Å². The molecule has 0 unspecified atom stereocenters. The molecular weight excluding hydrogens is 284 g/mol. The summed E-state index contributed by atoms with van der Waals surface area (Å²) in [6.45, 7) is 0.336. The number of nitriles is 1. The maximum absolute atomic E-state index is 11.9. The minimum absolute atomic E-state index is 0.169. The van der Waals surface area contributed by atoms with E-state index in [1.54, 1.807) is 12.4 Å². The quantitative estimate of drug-likeness (QED) is 0.784. The van der Waals surface area contributed by atoms with Crippen LogP contribution < -0.4 is 4.72 Å². The van der Waals surface area contributed by atoms with Gasteiger partial charge in [0, 0.05) is 25.4 Å². The van der Waals surface area contributed by atoms with Gasteiger partial charge in [0.1, 0.15) is 21.0 Å². The predicted octanol–water partition coefficient (Wildman–Crippen LogP) is 1.25. The molecule has 8 heteroatoms. The second-order valence-electron chi connectivity index (χ2n) is 3.77. The van der Waals surface area contributed by atoms with Gasteiger partial charge in [-0.2, -0.15) is 5.26 Å². The van der Waals surface area contributed by atoms with Gasteiger partial charge in [0.15, 0.2) is 0 Å². The molecule has 19 heavy (non-hydrogen) atoms. The summed E-state index contributed by atoms with van der Waals surface area (Å²) in [7, 11) is -3.50. The lowest BCUT2D eigenvalue weighted by atomic mass is 10.3. The number of hydrogen-bond donors (Lipinski definition) is 2. The molecule has 0 bridgehead atoms. The number of imidazole rings is 1. The van der Waals surface area contributed by atoms with Crippen molar-refractivity contribution in [1.29, 1.82) is 5.26 Å². The summed E-state index contributed by atoms with van der Waals surface area (Å²) in [6, 6.07) is 4.86. The molecule has 0 saturated heterocycles. The molecule has 0 atom stereocenters. The van der Waals surface area contributed by atoms with Crippen LogP contribution in [0.15, 0.2) is 28.7 Å². The van der Waals surface area contributed by atoms with Gasteiger partial charge in [-0.15, -0.1) is 11.3 Å². The summed E-state index contributed by atoms with van der Waals surface area (Å²) in [5.74, 6) is 0.835. The highest BCUT2D eigenvalue weighted by atomic mass is 32.2. The maximum Gasteiger partial charge on any atom is 0.250 e. The van der Waals surface area contributed by atoms with Crippen molar-refractivity contribution in [1.82, 2.24) is 14.7 Å². The summed E-state index contributed by atoms with van der Waals surface area (Å²) >= 11 is 0.966. The third-order valence-corrected chi connectivity index (χ3v) is 5.34. The minimum atomic E-state index is -3.50.